The first-order valence-electron chi connectivity index (χ1n) is 10.1. The summed E-state index contributed by atoms with van der Waals surface area (Å²) in [5.41, 5.74) is 1.09. The van der Waals surface area contributed by atoms with Crippen molar-refractivity contribution in [2.24, 2.45) is 0 Å². The Morgan fingerprint density at radius 2 is 1.74 bits per heavy atom. The summed E-state index contributed by atoms with van der Waals surface area (Å²) >= 11 is 0. The van der Waals surface area contributed by atoms with E-state index in [1.807, 2.05) is 12.1 Å². The molecule has 3 aliphatic rings. The predicted octanol–water partition coefficient (Wildman–Crippen LogP) is 1.21. The number of carboxylic acid groups (broad SMARTS) is 2. The van der Waals surface area contributed by atoms with Gasteiger partial charge in [0.05, 0.1) is 13.2 Å². The highest BCUT2D eigenvalue weighted by atomic mass is 16.7. The third kappa shape index (κ3) is 6.09. The summed E-state index contributed by atoms with van der Waals surface area (Å²) in [6, 6.07) is 4.34. The van der Waals surface area contributed by atoms with E-state index in [2.05, 4.69) is 23.9 Å². The van der Waals surface area contributed by atoms with E-state index in [0.29, 0.717) is 24.8 Å². The zero-order valence-electron chi connectivity index (χ0n) is 17.7. The van der Waals surface area contributed by atoms with Crippen molar-refractivity contribution in [3.8, 4) is 17.2 Å². The highest BCUT2D eigenvalue weighted by Gasteiger charge is 2.37. The Labute approximate surface area is 180 Å². The van der Waals surface area contributed by atoms with Crippen molar-refractivity contribution in [2.75, 3.05) is 53.7 Å². The molecule has 170 valence electrons. The molecule has 1 saturated heterocycles. The van der Waals surface area contributed by atoms with Crippen molar-refractivity contribution < 1.29 is 38.7 Å². The van der Waals surface area contributed by atoms with E-state index in [4.69, 9.17) is 29.2 Å². The average molecular weight is 436 g/mol. The standard InChI is InChI=1S/C17H24N2O4.C4H4O4/c1-18(2)4-5-19-6-8-21-17-12-9-15-16(23-11-22-15)10-14(12)20-7-3-13(17)19;5-3(6)1-2-4(7)8/h9-10,13,17H,3-8,11H2,1-2H3;1-2H,(H,5,6)(H,7,8)/t13-,17-;/m0./s1. The molecule has 0 spiro atoms. The van der Waals surface area contributed by atoms with Gasteiger partial charge in [-0.2, -0.15) is 0 Å². The monoisotopic (exact) mass is 436 g/mol. The van der Waals surface area contributed by atoms with E-state index in [-0.39, 0.29) is 12.9 Å². The number of likely N-dealkylation sites (N-methyl/N-ethyl adjacent to an activating group) is 1. The van der Waals surface area contributed by atoms with Gasteiger partial charge in [0, 0.05) is 49.5 Å². The van der Waals surface area contributed by atoms with E-state index < -0.39 is 11.9 Å². The Kier molecular flexibility index (Phi) is 7.72. The van der Waals surface area contributed by atoms with Crippen molar-refractivity contribution in [2.45, 2.75) is 18.6 Å². The molecule has 0 unspecified atom stereocenters. The Bertz CT molecular complexity index is 810. The number of hydrogen-bond acceptors (Lipinski definition) is 8. The number of carbonyl (C=O) groups is 2. The maximum absolute atomic E-state index is 9.55. The van der Waals surface area contributed by atoms with Crippen LogP contribution in [0.5, 0.6) is 17.2 Å². The first-order valence-corrected chi connectivity index (χ1v) is 10.1. The van der Waals surface area contributed by atoms with Crippen LogP contribution in [0, 0.1) is 0 Å². The van der Waals surface area contributed by atoms with Crippen LogP contribution in [-0.2, 0) is 14.3 Å². The van der Waals surface area contributed by atoms with Crippen LogP contribution in [0.2, 0.25) is 0 Å². The average Bonchev–Trinajstić information content (AvgIpc) is 3.10. The van der Waals surface area contributed by atoms with Crippen molar-refractivity contribution in [1.82, 2.24) is 9.80 Å². The van der Waals surface area contributed by atoms with Crippen molar-refractivity contribution in [3.05, 3.63) is 29.8 Å². The molecule has 1 aromatic rings. The van der Waals surface area contributed by atoms with E-state index in [9.17, 15) is 9.59 Å². The highest BCUT2D eigenvalue weighted by molar-refractivity contribution is 5.89. The lowest BCUT2D eigenvalue weighted by atomic mass is 9.96. The minimum Gasteiger partial charge on any atom is -0.493 e. The first kappa shape index (κ1) is 22.9. The summed E-state index contributed by atoms with van der Waals surface area (Å²) < 4.78 is 23.1. The minimum absolute atomic E-state index is 0.0397. The highest BCUT2D eigenvalue weighted by Crippen LogP contribution is 2.45. The van der Waals surface area contributed by atoms with Gasteiger partial charge in [-0.3, -0.25) is 4.90 Å². The number of fused-ring (bicyclic) bond motifs is 4. The lowest BCUT2D eigenvalue weighted by Gasteiger charge is -2.40. The molecule has 4 rings (SSSR count). The van der Waals surface area contributed by atoms with Gasteiger partial charge in [0.15, 0.2) is 11.5 Å². The van der Waals surface area contributed by atoms with Crippen LogP contribution in [0.15, 0.2) is 24.3 Å². The molecule has 10 heteroatoms. The zero-order chi connectivity index (χ0) is 22.4. The number of carboxylic acids is 2. The van der Waals surface area contributed by atoms with Crippen LogP contribution < -0.4 is 14.2 Å². The Hall–Kier alpha value is -2.82. The number of aliphatic carboxylic acids is 2. The van der Waals surface area contributed by atoms with Crippen LogP contribution in [0.3, 0.4) is 0 Å². The van der Waals surface area contributed by atoms with E-state index >= 15 is 0 Å². The van der Waals surface area contributed by atoms with Crippen molar-refractivity contribution in [1.29, 1.82) is 0 Å². The molecular weight excluding hydrogens is 408 g/mol. The molecule has 3 heterocycles. The molecule has 0 amide bonds. The van der Waals surface area contributed by atoms with Gasteiger partial charge in [0.1, 0.15) is 11.9 Å². The number of hydrogen-bond donors (Lipinski definition) is 2. The zero-order valence-corrected chi connectivity index (χ0v) is 17.7. The Morgan fingerprint density at radius 3 is 2.39 bits per heavy atom. The number of nitrogens with zero attached hydrogens (tertiary/aromatic N) is 2. The molecule has 31 heavy (non-hydrogen) atoms. The van der Waals surface area contributed by atoms with Crippen LogP contribution in [0.4, 0.5) is 0 Å². The van der Waals surface area contributed by atoms with Crippen LogP contribution in [0.25, 0.3) is 0 Å². The maximum atomic E-state index is 9.55. The molecule has 0 saturated carbocycles. The Balaban J connectivity index is 0.000000293. The quantitative estimate of drug-likeness (QED) is 0.652. The van der Waals surface area contributed by atoms with Gasteiger partial charge < -0.3 is 34.1 Å². The lowest BCUT2D eigenvalue weighted by molar-refractivity contribution is -0.134. The van der Waals surface area contributed by atoms with Gasteiger partial charge in [0.25, 0.3) is 0 Å². The smallest absolute Gasteiger partial charge is 0.328 e. The van der Waals surface area contributed by atoms with Crippen LogP contribution >= 0.6 is 0 Å². The summed E-state index contributed by atoms with van der Waals surface area (Å²) in [6.45, 7) is 4.82. The molecule has 1 fully saturated rings. The molecule has 10 nitrogen and oxygen atoms in total. The van der Waals surface area contributed by atoms with Gasteiger partial charge in [-0.1, -0.05) is 0 Å². The maximum Gasteiger partial charge on any atom is 0.328 e. The number of ether oxygens (including phenoxy) is 4. The third-order valence-electron chi connectivity index (χ3n) is 5.18. The summed E-state index contributed by atoms with van der Waals surface area (Å²) in [6.07, 6.45) is 2.13. The largest absolute Gasteiger partial charge is 0.493 e. The molecule has 0 aromatic heterocycles. The van der Waals surface area contributed by atoms with E-state index in [0.717, 1.165) is 55.5 Å². The van der Waals surface area contributed by atoms with Crippen LogP contribution in [-0.4, -0.2) is 91.7 Å². The summed E-state index contributed by atoms with van der Waals surface area (Å²) in [7, 11) is 4.23. The molecule has 2 N–H and O–H groups in total. The first-order chi connectivity index (χ1) is 14.8. The third-order valence-corrected chi connectivity index (χ3v) is 5.18. The van der Waals surface area contributed by atoms with E-state index in [1.165, 1.54) is 0 Å². The summed E-state index contributed by atoms with van der Waals surface area (Å²) in [5, 5.41) is 15.6. The fourth-order valence-corrected chi connectivity index (χ4v) is 3.72. The van der Waals surface area contributed by atoms with Gasteiger partial charge in [-0.25, -0.2) is 9.59 Å². The minimum atomic E-state index is -1.26. The molecule has 0 aliphatic carbocycles. The number of rotatable bonds is 5. The predicted molar refractivity (Wildman–Crippen MR) is 110 cm³/mol. The second kappa shape index (κ2) is 10.5. The molecule has 0 bridgehead atoms. The van der Waals surface area contributed by atoms with Gasteiger partial charge in [0.2, 0.25) is 6.79 Å². The van der Waals surface area contributed by atoms with Crippen molar-refractivity contribution in [3.63, 3.8) is 0 Å². The molecular formula is C21H28N2O8. The second-order valence-corrected chi connectivity index (χ2v) is 7.59. The van der Waals surface area contributed by atoms with E-state index in [1.54, 1.807) is 0 Å². The normalized spacial score (nSPS) is 22.0. The van der Waals surface area contributed by atoms with Crippen molar-refractivity contribution >= 4 is 11.9 Å². The second-order valence-electron chi connectivity index (χ2n) is 7.59. The topological polar surface area (TPSA) is 118 Å². The van der Waals surface area contributed by atoms with Gasteiger partial charge >= 0.3 is 11.9 Å². The number of benzene rings is 1. The summed E-state index contributed by atoms with van der Waals surface area (Å²) in [5.74, 6) is -0.0829. The fraction of sp³-hybridized carbons (Fsp3) is 0.524. The number of morpholine rings is 1. The molecule has 0 radical (unpaired) electrons. The summed E-state index contributed by atoms with van der Waals surface area (Å²) in [4.78, 5) is 23.9. The molecule has 3 aliphatic heterocycles. The Morgan fingerprint density at radius 1 is 1.06 bits per heavy atom. The lowest BCUT2D eigenvalue weighted by Crippen LogP contribution is -2.49. The fourth-order valence-electron chi connectivity index (χ4n) is 3.72. The molecule has 1 aromatic carbocycles. The SMILES string of the molecule is CN(C)CCN1CCO[C@H]2c3cc4c(cc3OCC[C@@H]21)OCO4.O=C(O)C=CC(=O)O. The van der Waals surface area contributed by atoms with Crippen LogP contribution in [0.1, 0.15) is 18.1 Å². The van der Waals surface area contributed by atoms with Gasteiger partial charge in [-0.05, 0) is 26.6 Å². The van der Waals surface area contributed by atoms with Gasteiger partial charge in [-0.15, -0.1) is 0 Å². The molecule has 2 atom stereocenters.